The van der Waals surface area contributed by atoms with Crippen molar-refractivity contribution in [1.29, 1.82) is 0 Å². The molecule has 0 amide bonds. The monoisotopic (exact) mass is 374 g/mol. The summed E-state index contributed by atoms with van der Waals surface area (Å²) in [7, 11) is 0. The van der Waals surface area contributed by atoms with Crippen LogP contribution in [0.15, 0.2) is 66.7 Å². The minimum atomic E-state index is -0.666. The van der Waals surface area contributed by atoms with Crippen molar-refractivity contribution in [3.05, 3.63) is 104 Å². The highest BCUT2D eigenvalue weighted by Gasteiger charge is 2.17. The summed E-state index contributed by atoms with van der Waals surface area (Å²) in [6.45, 7) is 0. The molecule has 0 unspecified atom stereocenters. The van der Waals surface area contributed by atoms with Crippen LogP contribution in [-0.4, -0.2) is 16.1 Å². The number of nitro groups is 2. The van der Waals surface area contributed by atoms with Crippen LogP contribution in [0.2, 0.25) is 0 Å². The quantitative estimate of drug-likeness (QED) is 0.257. The third kappa shape index (κ3) is 4.16. The van der Waals surface area contributed by atoms with Crippen LogP contribution >= 0.6 is 0 Å². The SMILES string of the molecule is O=Cc1ccc(-c2ccc(/C=C/c3ccc([N+](=O)[O-])cc3[N+](=O)[O-])cc2)cc1. The zero-order chi connectivity index (χ0) is 20.1. The number of aldehydes is 1. The zero-order valence-corrected chi connectivity index (χ0v) is 14.5. The van der Waals surface area contributed by atoms with Crippen molar-refractivity contribution in [2.75, 3.05) is 0 Å². The average Bonchev–Trinajstić information content (AvgIpc) is 2.72. The number of rotatable bonds is 6. The van der Waals surface area contributed by atoms with Gasteiger partial charge in [0, 0.05) is 11.6 Å². The third-order valence-electron chi connectivity index (χ3n) is 4.17. The number of carbonyl (C=O) groups excluding carboxylic acids is 1. The van der Waals surface area contributed by atoms with Crippen molar-refractivity contribution in [3.8, 4) is 11.1 Å². The maximum absolute atomic E-state index is 11.2. The molecule has 7 nitrogen and oxygen atoms in total. The van der Waals surface area contributed by atoms with Gasteiger partial charge in [0.2, 0.25) is 0 Å². The number of non-ortho nitro benzene ring substituents is 1. The van der Waals surface area contributed by atoms with Gasteiger partial charge in [0.05, 0.1) is 21.5 Å². The lowest BCUT2D eigenvalue weighted by molar-refractivity contribution is -0.394. The van der Waals surface area contributed by atoms with E-state index in [-0.39, 0.29) is 16.9 Å². The molecule has 0 saturated carbocycles. The smallest absolute Gasteiger partial charge is 0.283 e. The molecule has 0 saturated heterocycles. The van der Waals surface area contributed by atoms with Crippen LogP contribution in [0.3, 0.4) is 0 Å². The van der Waals surface area contributed by atoms with Crippen molar-refractivity contribution in [2.45, 2.75) is 0 Å². The van der Waals surface area contributed by atoms with Gasteiger partial charge in [-0.1, -0.05) is 54.6 Å². The Morgan fingerprint density at radius 2 is 1.25 bits per heavy atom. The van der Waals surface area contributed by atoms with Crippen LogP contribution in [-0.2, 0) is 0 Å². The number of hydrogen-bond donors (Lipinski definition) is 0. The third-order valence-corrected chi connectivity index (χ3v) is 4.17. The molecule has 0 fully saturated rings. The normalized spacial score (nSPS) is 10.7. The second-order valence-corrected chi connectivity index (χ2v) is 5.95. The first-order chi connectivity index (χ1) is 13.5. The molecular formula is C21H14N2O5. The van der Waals surface area contributed by atoms with Gasteiger partial charge in [0.1, 0.15) is 6.29 Å². The summed E-state index contributed by atoms with van der Waals surface area (Å²) < 4.78 is 0. The summed E-state index contributed by atoms with van der Waals surface area (Å²) in [6, 6.07) is 18.3. The molecule has 0 aliphatic heterocycles. The molecule has 0 aromatic heterocycles. The minimum Gasteiger partial charge on any atom is -0.298 e. The van der Waals surface area contributed by atoms with Crippen molar-refractivity contribution >= 4 is 29.8 Å². The molecule has 3 aromatic rings. The lowest BCUT2D eigenvalue weighted by Crippen LogP contribution is -1.94. The summed E-state index contributed by atoms with van der Waals surface area (Å²) in [6.07, 6.45) is 4.04. The Bertz CT molecular complexity index is 1070. The summed E-state index contributed by atoms with van der Waals surface area (Å²) in [4.78, 5) is 31.4. The highest BCUT2D eigenvalue weighted by molar-refractivity contribution is 5.78. The fraction of sp³-hybridized carbons (Fsp3) is 0. The second-order valence-electron chi connectivity index (χ2n) is 5.95. The van der Waals surface area contributed by atoms with Crippen molar-refractivity contribution in [1.82, 2.24) is 0 Å². The largest absolute Gasteiger partial charge is 0.298 e. The van der Waals surface area contributed by atoms with Gasteiger partial charge in [-0.3, -0.25) is 25.0 Å². The molecule has 138 valence electrons. The number of nitro benzene ring substituents is 2. The average molecular weight is 374 g/mol. The summed E-state index contributed by atoms with van der Waals surface area (Å²) in [5, 5.41) is 22.0. The van der Waals surface area contributed by atoms with Gasteiger partial charge in [0.15, 0.2) is 0 Å². The Morgan fingerprint density at radius 3 is 1.75 bits per heavy atom. The lowest BCUT2D eigenvalue weighted by Gasteiger charge is -2.03. The van der Waals surface area contributed by atoms with E-state index in [0.29, 0.717) is 5.56 Å². The maximum atomic E-state index is 11.2. The van der Waals surface area contributed by atoms with Gasteiger partial charge in [-0.25, -0.2) is 0 Å². The molecule has 7 heteroatoms. The predicted octanol–water partition coefficient (Wildman–Crippen LogP) is 5.15. The van der Waals surface area contributed by atoms with Gasteiger partial charge in [0.25, 0.3) is 11.4 Å². The first-order valence-electron chi connectivity index (χ1n) is 8.24. The molecule has 28 heavy (non-hydrogen) atoms. The molecule has 0 atom stereocenters. The van der Waals surface area contributed by atoms with Crippen LogP contribution in [0.5, 0.6) is 0 Å². The van der Waals surface area contributed by atoms with Crippen LogP contribution in [0.1, 0.15) is 21.5 Å². The van der Waals surface area contributed by atoms with Gasteiger partial charge in [-0.05, 0) is 28.8 Å². The fourth-order valence-corrected chi connectivity index (χ4v) is 2.67. The van der Waals surface area contributed by atoms with Crippen LogP contribution in [0, 0.1) is 20.2 Å². The van der Waals surface area contributed by atoms with E-state index in [9.17, 15) is 25.0 Å². The first kappa shape index (κ1) is 18.7. The Labute approximate surface area is 159 Å². The standard InChI is InChI=1S/C21H14N2O5/c24-14-16-4-8-18(9-5-16)17-6-1-15(2-7-17)3-10-19-11-12-20(22(25)26)13-21(19)23(27)28/h1-14H/b10-3+. The molecule has 0 aliphatic carbocycles. The minimum absolute atomic E-state index is 0.282. The summed E-state index contributed by atoms with van der Waals surface area (Å²) >= 11 is 0. The number of nitrogens with zero attached hydrogens (tertiary/aromatic N) is 2. The van der Waals surface area contributed by atoms with E-state index in [1.807, 2.05) is 36.4 Å². The van der Waals surface area contributed by atoms with Gasteiger partial charge >= 0.3 is 0 Å². The second kappa shape index (κ2) is 8.05. The zero-order valence-electron chi connectivity index (χ0n) is 14.5. The number of benzene rings is 3. The maximum Gasteiger partial charge on any atom is 0.283 e. The molecule has 0 aliphatic rings. The van der Waals surface area contributed by atoms with Gasteiger partial charge < -0.3 is 0 Å². The Balaban J connectivity index is 1.83. The van der Waals surface area contributed by atoms with E-state index >= 15 is 0 Å². The Hall–Kier alpha value is -4.13. The molecule has 0 radical (unpaired) electrons. The highest BCUT2D eigenvalue weighted by Crippen LogP contribution is 2.27. The molecular weight excluding hydrogens is 360 g/mol. The van der Waals surface area contributed by atoms with Crippen molar-refractivity contribution in [2.24, 2.45) is 0 Å². The van der Waals surface area contributed by atoms with Crippen LogP contribution < -0.4 is 0 Å². The fourth-order valence-electron chi connectivity index (χ4n) is 2.67. The van der Waals surface area contributed by atoms with E-state index < -0.39 is 9.85 Å². The number of carbonyl (C=O) groups is 1. The highest BCUT2D eigenvalue weighted by atomic mass is 16.6. The van der Waals surface area contributed by atoms with E-state index in [1.54, 1.807) is 24.3 Å². The van der Waals surface area contributed by atoms with E-state index in [0.717, 1.165) is 29.0 Å². The molecule has 0 bridgehead atoms. The summed E-state index contributed by atoms with van der Waals surface area (Å²) in [5.41, 5.74) is 2.99. The Kier molecular flexibility index (Phi) is 5.36. The molecule has 0 N–H and O–H groups in total. The topological polar surface area (TPSA) is 103 Å². The van der Waals surface area contributed by atoms with E-state index in [4.69, 9.17) is 0 Å². The van der Waals surface area contributed by atoms with Crippen LogP contribution in [0.25, 0.3) is 23.3 Å². The summed E-state index contributed by atoms with van der Waals surface area (Å²) in [5.74, 6) is 0. The number of hydrogen-bond acceptors (Lipinski definition) is 5. The first-order valence-corrected chi connectivity index (χ1v) is 8.24. The molecule has 0 spiro atoms. The molecule has 0 heterocycles. The lowest BCUT2D eigenvalue weighted by atomic mass is 10.0. The van der Waals surface area contributed by atoms with Gasteiger partial charge in [-0.15, -0.1) is 0 Å². The molecule has 3 aromatic carbocycles. The van der Waals surface area contributed by atoms with Gasteiger partial charge in [-0.2, -0.15) is 0 Å². The molecule has 3 rings (SSSR count). The Morgan fingerprint density at radius 1 is 0.679 bits per heavy atom. The van der Waals surface area contributed by atoms with Crippen molar-refractivity contribution < 1.29 is 14.6 Å². The van der Waals surface area contributed by atoms with E-state index in [2.05, 4.69) is 0 Å². The van der Waals surface area contributed by atoms with Crippen molar-refractivity contribution in [3.63, 3.8) is 0 Å². The predicted molar refractivity (Wildman–Crippen MR) is 106 cm³/mol. The van der Waals surface area contributed by atoms with Crippen LogP contribution in [0.4, 0.5) is 11.4 Å². The van der Waals surface area contributed by atoms with E-state index in [1.165, 1.54) is 12.1 Å².